The van der Waals surface area contributed by atoms with Crippen LogP contribution < -0.4 is 9.47 Å². The lowest BCUT2D eigenvalue weighted by molar-refractivity contribution is 0.0790. The van der Waals surface area contributed by atoms with Crippen LogP contribution in [0, 0.1) is 6.92 Å². The van der Waals surface area contributed by atoms with Gasteiger partial charge in [0.1, 0.15) is 16.4 Å². The fourth-order valence-corrected chi connectivity index (χ4v) is 6.28. The fraction of sp³-hybridized carbons (Fsp3) is 0.242. The lowest BCUT2D eigenvalue weighted by atomic mass is 10.0. The molecule has 4 aromatic rings. The molecule has 0 aliphatic rings. The van der Waals surface area contributed by atoms with Gasteiger partial charge >= 0.3 is 0 Å². The van der Waals surface area contributed by atoms with Crippen LogP contribution in [0.25, 0.3) is 11.1 Å². The molecule has 0 aromatic heterocycles. The Kier molecular flexibility index (Phi) is 9.27. The van der Waals surface area contributed by atoms with E-state index in [1.54, 1.807) is 43.3 Å². The first-order valence-corrected chi connectivity index (χ1v) is 14.8. The van der Waals surface area contributed by atoms with Gasteiger partial charge in [0.2, 0.25) is 0 Å². The van der Waals surface area contributed by atoms with Crippen LogP contribution in [0.5, 0.6) is 11.5 Å². The molecule has 0 radical (unpaired) electrons. The van der Waals surface area contributed by atoms with Gasteiger partial charge in [-0.25, -0.2) is 8.42 Å². The van der Waals surface area contributed by atoms with E-state index in [2.05, 4.69) is 0 Å². The third kappa shape index (κ3) is 6.90. The van der Waals surface area contributed by atoms with Crippen molar-refractivity contribution in [3.63, 3.8) is 0 Å². The average Bonchev–Trinajstić information content (AvgIpc) is 2.96. The number of amides is 1. The molecule has 0 saturated heterocycles. The topological polar surface area (TPSA) is 72.9 Å². The first kappa shape index (κ1) is 28.9. The van der Waals surface area contributed by atoms with Gasteiger partial charge in [0.05, 0.1) is 25.5 Å². The van der Waals surface area contributed by atoms with Crippen LogP contribution in [-0.2, 0) is 22.0 Å². The number of ether oxygens (including phenoxy) is 2. The largest absolute Gasteiger partial charge is 0.496 e. The van der Waals surface area contributed by atoms with E-state index in [9.17, 15) is 13.2 Å². The summed E-state index contributed by atoms with van der Waals surface area (Å²) in [6, 6.07) is 28.1. The molecule has 4 rings (SSSR count). The van der Waals surface area contributed by atoms with Crippen molar-refractivity contribution in [3.05, 3.63) is 113 Å². The zero-order valence-electron chi connectivity index (χ0n) is 23.4. The summed E-state index contributed by atoms with van der Waals surface area (Å²) in [5.74, 6) is 0.643. The van der Waals surface area contributed by atoms with Crippen LogP contribution in [0.3, 0.4) is 0 Å². The molecule has 208 valence electrons. The summed E-state index contributed by atoms with van der Waals surface area (Å²) in [4.78, 5) is 14.7. The van der Waals surface area contributed by atoms with Crippen molar-refractivity contribution in [1.29, 1.82) is 0 Å². The first-order chi connectivity index (χ1) is 19.2. The number of sulfone groups is 1. The van der Waals surface area contributed by atoms with Crippen molar-refractivity contribution >= 4 is 15.7 Å². The zero-order valence-corrected chi connectivity index (χ0v) is 24.2. The summed E-state index contributed by atoms with van der Waals surface area (Å²) in [6.07, 6.45) is 1.45. The number of nitrogens with zero attached hydrogens (tertiary/aromatic N) is 1. The number of carbonyl (C=O) groups excluding carboxylic acids is 1. The minimum absolute atomic E-state index is 0.0980. The lowest BCUT2D eigenvalue weighted by Crippen LogP contribution is -2.28. The Labute approximate surface area is 237 Å². The van der Waals surface area contributed by atoms with E-state index in [0.717, 1.165) is 28.7 Å². The van der Waals surface area contributed by atoms with Gasteiger partial charge in [-0.2, -0.15) is 0 Å². The van der Waals surface area contributed by atoms with E-state index < -0.39 is 9.84 Å². The Bertz CT molecular complexity index is 1600. The summed E-state index contributed by atoms with van der Waals surface area (Å²) in [6.45, 7) is 2.57. The molecule has 0 saturated carbocycles. The Balaban J connectivity index is 1.45. The van der Waals surface area contributed by atoms with Gasteiger partial charge in [-0.15, -0.1) is 0 Å². The number of methoxy groups -OCH3 is 2. The molecule has 0 heterocycles. The number of para-hydroxylation sites is 1. The molecule has 40 heavy (non-hydrogen) atoms. The summed E-state index contributed by atoms with van der Waals surface area (Å²) in [7, 11) is 1.12. The Morgan fingerprint density at radius 2 is 1.48 bits per heavy atom. The smallest absolute Gasteiger partial charge is 0.257 e. The minimum atomic E-state index is -3.69. The number of rotatable bonds is 11. The Morgan fingerprint density at radius 1 is 0.775 bits per heavy atom. The molecule has 6 nitrogen and oxygen atoms in total. The number of hydrogen-bond donors (Lipinski definition) is 0. The molecule has 0 N–H and O–H groups in total. The Morgan fingerprint density at radius 3 is 2.23 bits per heavy atom. The van der Waals surface area contributed by atoms with Crippen LogP contribution in [0.2, 0.25) is 0 Å². The standard InChI is InChI=1S/C33H35NO5S/c1-24-10-7-14-27(20-24)28-17-18-31(39-4)32(22-28)40(36,37)23-26-12-8-11-25(21-26)13-9-19-34(2)33(35)29-15-5-6-16-30(29)38-3/h5-8,10-12,14-18,20-22H,9,13,19,23H2,1-4H3. The highest BCUT2D eigenvalue weighted by atomic mass is 32.2. The highest BCUT2D eigenvalue weighted by Crippen LogP contribution is 2.32. The maximum atomic E-state index is 13.6. The number of benzene rings is 4. The summed E-state index contributed by atoms with van der Waals surface area (Å²) in [5, 5.41) is 0. The Hall–Kier alpha value is -4.10. The second kappa shape index (κ2) is 12.8. The summed E-state index contributed by atoms with van der Waals surface area (Å²) < 4.78 is 37.9. The molecule has 0 fully saturated rings. The van der Waals surface area contributed by atoms with Crippen LogP contribution in [0.15, 0.2) is 95.9 Å². The van der Waals surface area contributed by atoms with Crippen molar-refractivity contribution in [3.8, 4) is 22.6 Å². The van der Waals surface area contributed by atoms with E-state index in [0.29, 0.717) is 35.6 Å². The van der Waals surface area contributed by atoms with Crippen molar-refractivity contribution < 1.29 is 22.7 Å². The minimum Gasteiger partial charge on any atom is -0.496 e. The van der Waals surface area contributed by atoms with Crippen molar-refractivity contribution in [1.82, 2.24) is 4.90 Å². The van der Waals surface area contributed by atoms with Gasteiger partial charge in [0.15, 0.2) is 9.84 Å². The van der Waals surface area contributed by atoms with Gasteiger partial charge in [-0.3, -0.25) is 4.79 Å². The first-order valence-electron chi connectivity index (χ1n) is 13.2. The molecule has 0 spiro atoms. The van der Waals surface area contributed by atoms with Gasteiger partial charge in [0, 0.05) is 13.6 Å². The van der Waals surface area contributed by atoms with Crippen molar-refractivity contribution in [2.24, 2.45) is 0 Å². The maximum absolute atomic E-state index is 13.6. The normalized spacial score (nSPS) is 11.2. The van der Waals surface area contributed by atoms with Crippen LogP contribution in [0.4, 0.5) is 0 Å². The van der Waals surface area contributed by atoms with Crippen LogP contribution in [-0.4, -0.2) is 47.0 Å². The zero-order chi connectivity index (χ0) is 28.7. The fourth-order valence-electron chi connectivity index (χ4n) is 4.74. The van der Waals surface area contributed by atoms with Crippen molar-refractivity contribution in [2.45, 2.75) is 30.4 Å². The predicted octanol–water partition coefficient (Wildman–Crippen LogP) is 6.36. The third-order valence-electron chi connectivity index (χ3n) is 6.84. The van der Waals surface area contributed by atoms with Gasteiger partial charge < -0.3 is 14.4 Å². The van der Waals surface area contributed by atoms with E-state index in [1.807, 2.05) is 73.7 Å². The van der Waals surface area contributed by atoms with Gasteiger partial charge in [0.25, 0.3) is 5.91 Å². The summed E-state index contributed by atoms with van der Waals surface area (Å²) >= 11 is 0. The SMILES string of the molecule is COc1ccccc1C(=O)N(C)CCCc1cccc(CS(=O)(=O)c2cc(-c3cccc(C)c3)ccc2OC)c1. The molecule has 0 bridgehead atoms. The second-order valence-electron chi connectivity index (χ2n) is 9.84. The molecule has 1 amide bonds. The molecule has 7 heteroatoms. The van der Waals surface area contributed by atoms with E-state index in [4.69, 9.17) is 9.47 Å². The lowest BCUT2D eigenvalue weighted by Gasteiger charge is -2.18. The van der Waals surface area contributed by atoms with Gasteiger partial charge in [-0.05, 0) is 66.3 Å². The third-order valence-corrected chi connectivity index (χ3v) is 8.54. The average molecular weight is 558 g/mol. The van der Waals surface area contributed by atoms with Crippen molar-refractivity contribution in [2.75, 3.05) is 27.8 Å². The molecule has 0 unspecified atom stereocenters. The van der Waals surface area contributed by atoms with Crippen LogP contribution in [0.1, 0.15) is 33.5 Å². The van der Waals surface area contributed by atoms with E-state index >= 15 is 0 Å². The number of carbonyl (C=O) groups is 1. The molecular weight excluding hydrogens is 522 g/mol. The molecule has 0 atom stereocenters. The molecule has 4 aromatic carbocycles. The number of aryl methyl sites for hydroxylation is 2. The molecule has 0 aliphatic heterocycles. The summed E-state index contributed by atoms with van der Waals surface area (Å²) in [5.41, 5.74) is 5.13. The second-order valence-corrected chi connectivity index (χ2v) is 11.8. The quantitative estimate of drug-likeness (QED) is 0.215. The van der Waals surface area contributed by atoms with Gasteiger partial charge in [-0.1, -0.05) is 72.3 Å². The molecular formula is C33H35NO5S. The van der Waals surface area contributed by atoms with Crippen LogP contribution >= 0.6 is 0 Å². The van der Waals surface area contributed by atoms with E-state index in [-0.39, 0.29) is 16.6 Å². The monoisotopic (exact) mass is 557 g/mol. The van der Waals surface area contributed by atoms with E-state index in [1.165, 1.54) is 7.11 Å². The highest BCUT2D eigenvalue weighted by Gasteiger charge is 2.22. The number of hydrogen-bond acceptors (Lipinski definition) is 5. The predicted molar refractivity (Wildman–Crippen MR) is 159 cm³/mol. The highest BCUT2D eigenvalue weighted by molar-refractivity contribution is 7.90. The molecule has 0 aliphatic carbocycles. The maximum Gasteiger partial charge on any atom is 0.257 e.